The second kappa shape index (κ2) is 4.86. The summed E-state index contributed by atoms with van der Waals surface area (Å²) in [5.41, 5.74) is 8.25. The molecule has 0 fully saturated rings. The third-order valence-electron chi connectivity index (χ3n) is 2.95. The largest absolute Gasteiger partial charge is 0.330 e. The first-order valence-electron chi connectivity index (χ1n) is 5.72. The number of hydrogen-bond acceptors (Lipinski definition) is 2. The van der Waals surface area contributed by atoms with Crippen LogP contribution in [0.1, 0.15) is 11.3 Å². The van der Waals surface area contributed by atoms with Crippen LogP contribution < -0.4 is 5.73 Å². The van der Waals surface area contributed by atoms with E-state index < -0.39 is 11.6 Å². The van der Waals surface area contributed by atoms with E-state index in [0.717, 1.165) is 17.3 Å². The van der Waals surface area contributed by atoms with Gasteiger partial charge < -0.3 is 5.73 Å². The fraction of sp³-hybridized carbons (Fsp3) is 0.308. The third kappa shape index (κ3) is 2.13. The van der Waals surface area contributed by atoms with Crippen molar-refractivity contribution < 1.29 is 8.78 Å². The van der Waals surface area contributed by atoms with E-state index in [-0.39, 0.29) is 0 Å². The van der Waals surface area contributed by atoms with E-state index in [2.05, 4.69) is 5.10 Å². The summed E-state index contributed by atoms with van der Waals surface area (Å²) in [6.07, 6.45) is 0.641. The first kappa shape index (κ1) is 12.7. The van der Waals surface area contributed by atoms with E-state index in [4.69, 9.17) is 5.73 Å². The first-order valence-corrected chi connectivity index (χ1v) is 5.72. The highest BCUT2D eigenvalue weighted by Gasteiger charge is 2.16. The standard InChI is InChI=1S/C13H15F2N3/c1-8-12(5-6-16)17-18(2)13(8)10-4-3-9(14)7-11(10)15/h3-4,7H,5-6,16H2,1-2H3. The van der Waals surface area contributed by atoms with Crippen LogP contribution in [0.3, 0.4) is 0 Å². The Balaban J connectivity index is 2.56. The normalized spacial score (nSPS) is 10.9. The molecule has 1 heterocycles. The van der Waals surface area contributed by atoms with Crippen LogP contribution in [0, 0.1) is 18.6 Å². The van der Waals surface area contributed by atoms with Crippen molar-refractivity contribution in [1.82, 2.24) is 9.78 Å². The van der Waals surface area contributed by atoms with Gasteiger partial charge in [0.05, 0.1) is 11.4 Å². The van der Waals surface area contributed by atoms with Crippen LogP contribution in [0.4, 0.5) is 8.78 Å². The summed E-state index contributed by atoms with van der Waals surface area (Å²) in [6.45, 7) is 2.36. The van der Waals surface area contributed by atoms with Gasteiger partial charge in [0.1, 0.15) is 11.6 Å². The molecule has 5 heteroatoms. The number of aryl methyl sites for hydroxylation is 1. The molecule has 3 nitrogen and oxygen atoms in total. The van der Waals surface area contributed by atoms with E-state index in [9.17, 15) is 8.78 Å². The molecule has 96 valence electrons. The summed E-state index contributed by atoms with van der Waals surface area (Å²) in [5.74, 6) is -1.17. The van der Waals surface area contributed by atoms with Crippen LogP contribution >= 0.6 is 0 Å². The van der Waals surface area contributed by atoms with Crippen LogP contribution in [0.2, 0.25) is 0 Å². The molecule has 2 aromatic rings. The number of halogens is 2. The Labute approximate surface area is 104 Å². The average Bonchev–Trinajstić information content (AvgIpc) is 2.56. The molecule has 0 aliphatic carbocycles. The van der Waals surface area contributed by atoms with Gasteiger partial charge in [-0.15, -0.1) is 0 Å². The van der Waals surface area contributed by atoms with Gasteiger partial charge in [-0.1, -0.05) is 0 Å². The Morgan fingerprint density at radius 1 is 1.33 bits per heavy atom. The van der Waals surface area contributed by atoms with Gasteiger partial charge in [-0.2, -0.15) is 5.10 Å². The van der Waals surface area contributed by atoms with Gasteiger partial charge in [-0.25, -0.2) is 8.78 Å². The fourth-order valence-electron chi connectivity index (χ4n) is 2.12. The first-order chi connectivity index (χ1) is 8.54. The summed E-state index contributed by atoms with van der Waals surface area (Å²) in [6, 6.07) is 3.55. The minimum atomic E-state index is -0.585. The van der Waals surface area contributed by atoms with Gasteiger partial charge in [0, 0.05) is 25.1 Å². The molecule has 0 amide bonds. The van der Waals surface area contributed by atoms with Crippen molar-refractivity contribution in [1.29, 1.82) is 0 Å². The van der Waals surface area contributed by atoms with E-state index in [1.54, 1.807) is 11.7 Å². The van der Waals surface area contributed by atoms with Crippen LogP contribution in [-0.2, 0) is 13.5 Å². The van der Waals surface area contributed by atoms with E-state index in [1.165, 1.54) is 12.1 Å². The molecule has 0 saturated heterocycles. The highest BCUT2D eigenvalue weighted by atomic mass is 19.1. The minimum absolute atomic E-state index is 0.354. The summed E-state index contributed by atoms with van der Waals surface area (Å²) >= 11 is 0. The van der Waals surface area contributed by atoms with Crippen molar-refractivity contribution in [2.75, 3.05) is 6.54 Å². The Morgan fingerprint density at radius 3 is 2.67 bits per heavy atom. The van der Waals surface area contributed by atoms with Crippen LogP contribution in [-0.4, -0.2) is 16.3 Å². The molecule has 0 spiro atoms. The van der Waals surface area contributed by atoms with E-state index >= 15 is 0 Å². The molecule has 0 aliphatic heterocycles. The van der Waals surface area contributed by atoms with Crippen LogP contribution in [0.25, 0.3) is 11.3 Å². The number of benzene rings is 1. The zero-order valence-electron chi connectivity index (χ0n) is 10.4. The zero-order chi connectivity index (χ0) is 13.3. The number of rotatable bonds is 3. The summed E-state index contributed by atoms with van der Waals surface area (Å²) in [5, 5.41) is 4.32. The lowest BCUT2D eigenvalue weighted by Crippen LogP contribution is -2.04. The summed E-state index contributed by atoms with van der Waals surface area (Å²) in [7, 11) is 1.74. The molecule has 0 bridgehead atoms. The van der Waals surface area contributed by atoms with Crippen LogP contribution in [0.15, 0.2) is 18.2 Å². The van der Waals surface area contributed by atoms with Gasteiger partial charge in [0.15, 0.2) is 0 Å². The molecule has 1 aromatic heterocycles. The Bertz CT molecular complexity index is 576. The molecule has 0 radical (unpaired) electrons. The quantitative estimate of drug-likeness (QED) is 0.908. The minimum Gasteiger partial charge on any atom is -0.330 e. The predicted octanol–water partition coefficient (Wildman–Crippen LogP) is 2.17. The topological polar surface area (TPSA) is 43.8 Å². The molecule has 1 aromatic carbocycles. The van der Waals surface area contributed by atoms with Crippen molar-refractivity contribution in [2.45, 2.75) is 13.3 Å². The molecule has 2 N–H and O–H groups in total. The second-order valence-electron chi connectivity index (χ2n) is 4.21. The van der Waals surface area contributed by atoms with E-state index in [1.807, 2.05) is 6.92 Å². The maximum Gasteiger partial charge on any atom is 0.135 e. The molecule has 0 unspecified atom stereocenters. The molecule has 18 heavy (non-hydrogen) atoms. The van der Waals surface area contributed by atoms with Gasteiger partial charge in [0.25, 0.3) is 0 Å². The number of nitrogens with two attached hydrogens (primary N) is 1. The Kier molecular flexibility index (Phi) is 3.43. The second-order valence-corrected chi connectivity index (χ2v) is 4.21. The lowest BCUT2D eigenvalue weighted by Gasteiger charge is -2.05. The monoisotopic (exact) mass is 251 g/mol. The number of hydrogen-bond donors (Lipinski definition) is 1. The summed E-state index contributed by atoms with van der Waals surface area (Å²) in [4.78, 5) is 0. The van der Waals surface area contributed by atoms with Crippen LogP contribution in [0.5, 0.6) is 0 Å². The Hall–Kier alpha value is -1.75. The van der Waals surface area contributed by atoms with Gasteiger partial charge >= 0.3 is 0 Å². The maximum atomic E-state index is 13.8. The third-order valence-corrected chi connectivity index (χ3v) is 2.95. The van der Waals surface area contributed by atoms with Crippen molar-refractivity contribution in [3.8, 4) is 11.3 Å². The highest BCUT2D eigenvalue weighted by molar-refractivity contribution is 5.65. The average molecular weight is 251 g/mol. The van der Waals surface area contributed by atoms with Gasteiger partial charge in [-0.3, -0.25) is 4.68 Å². The van der Waals surface area contributed by atoms with Gasteiger partial charge in [0.2, 0.25) is 0 Å². The van der Waals surface area contributed by atoms with Crippen molar-refractivity contribution in [3.63, 3.8) is 0 Å². The highest BCUT2D eigenvalue weighted by Crippen LogP contribution is 2.28. The van der Waals surface area contributed by atoms with Crippen molar-refractivity contribution in [2.24, 2.45) is 12.8 Å². The molecule has 0 aliphatic rings. The maximum absolute atomic E-state index is 13.8. The van der Waals surface area contributed by atoms with E-state index in [0.29, 0.717) is 24.2 Å². The Morgan fingerprint density at radius 2 is 2.06 bits per heavy atom. The zero-order valence-corrected chi connectivity index (χ0v) is 10.4. The molecular formula is C13H15F2N3. The number of aromatic nitrogens is 2. The fourth-order valence-corrected chi connectivity index (χ4v) is 2.12. The lowest BCUT2D eigenvalue weighted by molar-refractivity contribution is 0.584. The lowest BCUT2D eigenvalue weighted by atomic mass is 10.0. The molecule has 2 rings (SSSR count). The van der Waals surface area contributed by atoms with Crippen molar-refractivity contribution >= 4 is 0 Å². The smallest absolute Gasteiger partial charge is 0.135 e. The molecular weight excluding hydrogens is 236 g/mol. The predicted molar refractivity (Wildman–Crippen MR) is 66.1 cm³/mol. The van der Waals surface area contributed by atoms with Gasteiger partial charge in [-0.05, 0) is 31.2 Å². The molecule has 0 saturated carbocycles. The number of nitrogens with zero attached hydrogens (tertiary/aromatic N) is 2. The summed E-state index contributed by atoms with van der Waals surface area (Å²) < 4.78 is 28.3. The van der Waals surface area contributed by atoms with Crippen molar-refractivity contribution in [3.05, 3.63) is 41.1 Å². The molecule has 0 atom stereocenters. The SMILES string of the molecule is Cc1c(CCN)nn(C)c1-c1ccc(F)cc1F.